The predicted octanol–water partition coefficient (Wildman–Crippen LogP) is 3.06. The molecule has 152 valence electrons. The fourth-order valence-electron chi connectivity index (χ4n) is 3.46. The molecule has 0 fully saturated rings. The van der Waals surface area contributed by atoms with Crippen LogP contribution >= 0.6 is 0 Å². The summed E-state index contributed by atoms with van der Waals surface area (Å²) in [6.07, 6.45) is 5.10. The summed E-state index contributed by atoms with van der Waals surface area (Å²) in [4.78, 5) is 25.6. The molecule has 0 aliphatic carbocycles. The van der Waals surface area contributed by atoms with Crippen molar-refractivity contribution in [1.82, 2.24) is 35.0 Å². The Morgan fingerprint density at radius 2 is 1.87 bits per heavy atom. The van der Waals surface area contributed by atoms with Crippen LogP contribution in [0.5, 0.6) is 0 Å². The number of hydrogen-bond acceptors (Lipinski definition) is 6. The summed E-state index contributed by atoms with van der Waals surface area (Å²) in [5, 5.41) is 12.2. The standard InChI is InChI=1S/C23H19N7O/c1-15-10-25-18(11-24-15)12-26-23(31)17-7-8-20-19(9-17)21-22(29-28-20)27-14-30(21)13-16-5-3-2-4-6-16/h2-11,14H,12-13H2,1H3,(H,26,31). The molecule has 5 rings (SSSR count). The third kappa shape index (κ3) is 3.83. The normalized spacial score (nSPS) is 11.1. The number of aryl methyl sites for hydroxylation is 1. The van der Waals surface area contributed by atoms with Crippen LogP contribution in [0.3, 0.4) is 0 Å². The molecule has 0 atom stereocenters. The maximum atomic E-state index is 12.8. The van der Waals surface area contributed by atoms with Gasteiger partial charge in [-0.1, -0.05) is 30.3 Å². The van der Waals surface area contributed by atoms with Crippen molar-refractivity contribution in [1.29, 1.82) is 0 Å². The van der Waals surface area contributed by atoms with Crippen LogP contribution in [-0.4, -0.2) is 35.6 Å². The molecule has 0 aliphatic heterocycles. The van der Waals surface area contributed by atoms with E-state index in [0.29, 0.717) is 35.5 Å². The monoisotopic (exact) mass is 409 g/mol. The molecule has 0 saturated heterocycles. The molecule has 5 aromatic rings. The second-order valence-corrected chi connectivity index (χ2v) is 7.29. The van der Waals surface area contributed by atoms with Crippen molar-refractivity contribution in [2.24, 2.45) is 0 Å². The van der Waals surface area contributed by atoms with E-state index < -0.39 is 0 Å². The van der Waals surface area contributed by atoms with E-state index >= 15 is 0 Å². The lowest BCUT2D eigenvalue weighted by Gasteiger charge is -2.08. The van der Waals surface area contributed by atoms with E-state index in [4.69, 9.17) is 0 Å². The van der Waals surface area contributed by atoms with E-state index in [9.17, 15) is 4.79 Å². The molecule has 0 spiro atoms. The molecule has 0 saturated carbocycles. The van der Waals surface area contributed by atoms with Gasteiger partial charge in [-0.05, 0) is 30.7 Å². The molecule has 2 aromatic carbocycles. The average molecular weight is 409 g/mol. The quantitative estimate of drug-likeness (QED) is 0.479. The SMILES string of the molecule is Cc1cnc(CNC(=O)c2ccc3nnc4ncn(Cc5ccccc5)c4c3c2)cn1. The molecular weight excluding hydrogens is 390 g/mol. The first-order valence-electron chi connectivity index (χ1n) is 9.88. The first-order valence-corrected chi connectivity index (χ1v) is 9.88. The molecular formula is C23H19N7O. The number of carbonyl (C=O) groups excluding carboxylic acids is 1. The number of nitrogens with one attached hydrogen (secondary N) is 1. The first kappa shape index (κ1) is 18.8. The van der Waals surface area contributed by atoms with E-state index in [0.717, 1.165) is 22.2 Å². The molecule has 0 aliphatic rings. The van der Waals surface area contributed by atoms with Crippen molar-refractivity contribution in [2.75, 3.05) is 0 Å². The van der Waals surface area contributed by atoms with Crippen LogP contribution < -0.4 is 5.32 Å². The van der Waals surface area contributed by atoms with Gasteiger partial charge in [0.15, 0.2) is 0 Å². The van der Waals surface area contributed by atoms with Crippen LogP contribution in [0.2, 0.25) is 0 Å². The van der Waals surface area contributed by atoms with E-state index in [2.05, 4.69) is 42.6 Å². The average Bonchev–Trinajstić information content (AvgIpc) is 3.22. The number of carbonyl (C=O) groups is 1. The molecule has 8 nitrogen and oxygen atoms in total. The van der Waals surface area contributed by atoms with Crippen molar-refractivity contribution >= 4 is 28.0 Å². The van der Waals surface area contributed by atoms with Gasteiger partial charge in [0.1, 0.15) is 0 Å². The second kappa shape index (κ2) is 7.91. The van der Waals surface area contributed by atoms with Crippen molar-refractivity contribution < 1.29 is 4.79 Å². The molecule has 1 N–H and O–H groups in total. The van der Waals surface area contributed by atoms with E-state index in [1.54, 1.807) is 24.8 Å². The molecule has 0 radical (unpaired) electrons. The van der Waals surface area contributed by atoms with Crippen LogP contribution in [0.15, 0.2) is 67.3 Å². The van der Waals surface area contributed by atoms with Gasteiger partial charge >= 0.3 is 0 Å². The highest BCUT2D eigenvalue weighted by molar-refractivity contribution is 6.05. The van der Waals surface area contributed by atoms with Gasteiger partial charge in [0.2, 0.25) is 5.65 Å². The Kier molecular flexibility index (Phi) is 4.80. The number of amides is 1. The highest BCUT2D eigenvalue weighted by Gasteiger charge is 2.13. The summed E-state index contributed by atoms with van der Waals surface area (Å²) >= 11 is 0. The summed E-state index contributed by atoms with van der Waals surface area (Å²) in [5.74, 6) is -0.191. The largest absolute Gasteiger partial charge is 0.346 e. The minimum absolute atomic E-state index is 0.191. The Morgan fingerprint density at radius 3 is 2.68 bits per heavy atom. The summed E-state index contributed by atoms with van der Waals surface area (Å²) in [7, 11) is 0. The number of nitrogens with zero attached hydrogens (tertiary/aromatic N) is 6. The minimum Gasteiger partial charge on any atom is -0.346 e. The van der Waals surface area contributed by atoms with Crippen molar-refractivity contribution in [3.63, 3.8) is 0 Å². The van der Waals surface area contributed by atoms with Gasteiger partial charge in [0.25, 0.3) is 5.91 Å². The van der Waals surface area contributed by atoms with Crippen molar-refractivity contribution in [3.8, 4) is 0 Å². The third-order valence-corrected chi connectivity index (χ3v) is 5.04. The minimum atomic E-state index is -0.191. The summed E-state index contributed by atoms with van der Waals surface area (Å²) in [6, 6.07) is 15.5. The van der Waals surface area contributed by atoms with E-state index in [1.165, 1.54) is 0 Å². The smallest absolute Gasteiger partial charge is 0.251 e. The Balaban J connectivity index is 1.47. The van der Waals surface area contributed by atoms with Crippen molar-refractivity contribution in [3.05, 3.63) is 89.8 Å². The number of rotatable bonds is 5. The lowest BCUT2D eigenvalue weighted by molar-refractivity contribution is 0.0950. The van der Waals surface area contributed by atoms with Gasteiger partial charge in [0, 0.05) is 23.7 Å². The number of fused-ring (bicyclic) bond motifs is 3. The Hall–Kier alpha value is -4.20. The van der Waals surface area contributed by atoms with Crippen LogP contribution in [0.1, 0.15) is 27.3 Å². The number of benzene rings is 2. The zero-order valence-electron chi connectivity index (χ0n) is 16.9. The molecule has 31 heavy (non-hydrogen) atoms. The fourth-order valence-corrected chi connectivity index (χ4v) is 3.46. The van der Waals surface area contributed by atoms with Crippen LogP contribution in [0.25, 0.3) is 22.1 Å². The zero-order valence-corrected chi connectivity index (χ0v) is 16.9. The highest BCUT2D eigenvalue weighted by Crippen LogP contribution is 2.23. The van der Waals surface area contributed by atoms with Crippen molar-refractivity contribution in [2.45, 2.75) is 20.0 Å². The summed E-state index contributed by atoms with van der Waals surface area (Å²) in [5.41, 5.74) is 5.34. The lowest BCUT2D eigenvalue weighted by Crippen LogP contribution is -2.23. The van der Waals surface area contributed by atoms with Crippen LogP contribution in [0, 0.1) is 6.92 Å². The number of imidazole rings is 1. The Morgan fingerprint density at radius 1 is 1.00 bits per heavy atom. The van der Waals surface area contributed by atoms with Crippen LogP contribution in [0.4, 0.5) is 0 Å². The van der Waals surface area contributed by atoms with E-state index in [1.807, 2.05) is 41.8 Å². The second-order valence-electron chi connectivity index (χ2n) is 7.29. The van der Waals surface area contributed by atoms with Gasteiger partial charge in [-0.2, -0.15) is 0 Å². The Labute approximate surface area is 178 Å². The molecule has 0 bridgehead atoms. The molecule has 1 amide bonds. The Bertz CT molecular complexity index is 1380. The molecule has 3 aromatic heterocycles. The highest BCUT2D eigenvalue weighted by atomic mass is 16.1. The molecule has 8 heteroatoms. The number of aromatic nitrogens is 6. The molecule has 0 unspecified atom stereocenters. The van der Waals surface area contributed by atoms with E-state index in [-0.39, 0.29) is 5.91 Å². The fraction of sp³-hybridized carbons (Fsp3) is 0.130. The van der Waals surface area contributed by atoms with Gasteiger partial charge in [0.05, 0.1) is 41.5 Å². The van der Waals surface area contributed by atoms with Gasteiger partial charge in [-0.25, -0.2) is 4.98 Å². The number of hydrogen-bond donors (Lipinski definition) is 1. The third-order valence-electron chi connectivity index (χ3n) is 5.04. The van der Waals surface area contributed by atoms with Gasteiger partial charge in [-0.3, -0.25) is 14.8 Å². The predicted molar refractivity (Wildman–Crippen MR) is 116 cm³/mol. The maximum absolute atomic E-state index is 12.8. The zero-order chi connectivity index (χ0) is 21.2. The van der Waals surface area contributed by atoms with Gasteiger partial charge < -0.3 is 9.88 Å². The summed E-state index contributed by atoms with van der Waals surface area (Å²) < 4.78 is 2.03. The molecule has 3 heterocycles. The maximum Gasteiger partial charge on any atom is 0.251 e. The topological polar surface area (TPSA) is 98.5 Å². The summed E-state index contributed by atoms with van der Waals surface area (Å²) in [6.45, 7) is 2.83. The first-order chi connectivity index (χ1) is 15.2. The van der Waals surface area contributed by atoms with Crippen LogP contribution in [-0.2, 0) is 13.1 Å². The lowest BCUT2D eigenvalue weighted by atomic mass is 10.1. The van der Waals surface area contributed by atoms with Gasteiger partial charge in [-0.15, -0.1) is 10.2 Å².